The molecule has 3 aromatic carbocycles. The molecule has 0 saturated carbocycles. The van der Waals surface area contributed by atoms with Crippen molar-refractivity contribution >= 4 is 22.7 Å². The molecule has 5 rings (SSSR count). The molecule has 0 fully saturated rings. The molecule has 0 saturated heterocycles. The smallest absolute Gasteiger partial charge is 0.258 e. The quantitative estimate of drug-likeness (QED) is 0.538. The van der Waals surface area contributed by atoms with E-state index in [1.807, 2.05) is 72.8 Å². The lowest BCUT2D eigenvalue weighted by Gasteiger charge is -2.15. The summed E-state index contributed by atoms with van der Waals surface area (Å²) in [6, 6.07) is 23.2. The number of carbonyl (C=O) groups excluding carboxylic acids is 1. The molecular formula is C21H14N2O2. The number of benzene rings is 3. The minimum atomic E-state index is 0.0465. The van der Waals surface area contributed by atoms with Crippen LogP contribution in [-0.2, 0) is 6.54 Å². The van der Waals surface area contributed by atoms with Crippen LogP contribution in [0.4, 0.5) is 5.69 Å². The maximum atomic E-state index is 12.6. The molecule has 1 aromatic heterocycles. The number of rotatable bonds is 2. The molecule has 2 heterocycles. The van der Waals surface area contributed by atoms with Gasteiger partial charge in [0.1, 0.15) is 5.52 Å². The third-order valence-electron chi connectivity index (χ3n) is 4.54. The first kappa shape index (κ1) is 14.0. The summed E-state index contributed by atoms with van der Waals surface area (Å²) in [6.07, 6.45) is 0. The Kier molecular flexibility index (Phi) is 2.97. The van der Waals surface area contributed by atoms with E-state index < -0.39 is 0 Å². The number of amides is 1. The minimum Gasteiger partial charge on any atom is -0.436 e. The number of carbonyl (C=O) groups is 1. The lowest BCUT2D eigenvalue weighted by atomic mass is 10.1. The SMILES string of the molecule is O=C1c2ccccc2CN1c1ccc(-c2nc3ccccc3o2)cc1. The molecule has 0 radical (unpaired) electrons. The van der Waals surface area contributed by atoms with E-state index in [4.69, 9.17) is 4.42 Å². The summed E-state index contributed by atoms with van der Waals surface area (Å²) in [7, 11) is 0. The van der Waals surface area contributed by atoms with Gasteiger partial charge in [0.15, 0.2) is 5.58 Å². The van der Waals surface area contributed by atoms with Crippen LogP contribution in [0.2, 0.25) is 0 Å². The summed E-state index contributed by atoms with van der Waals surface area (Å²) in [5.41, 5.74) is 5.23. The van der Waals surface area contributed by atoms with E-state index in [0.717, 1.165) is 33.5 Å². The fourth-order valence-corrected chi connectivity index (χ4v) is 3.24. The van der Waals surface area contributed by atoms with Gasteiger partial charge in [0, 0.05) is 16.8 Å². The number of hydrogen-bond donors (Lipinski definition) is 0. The Morgan fingerprint density at radius 3 is 2.44 bits per heavy atom. The molecule has 0 bridgehead atoms. The summed E-state index contributed by atoms with van der Waals surface area (Å²) in [6.45, 7) is 0.608. The number of para-hydroxylation sites is 2. The number of anilines is 1. The van der Waals surface area contributed by atoms with E-state index in [0.29, 0.717) is 12.4 Å². The Labute approximate surface area is 144 Å². The van der Waals surface area contributed by atoms with Crippen molar-refractivity contribution in [2.75, 3.05) is 4.90 Å². The number of nitrogens with zero attached hydrogens (tertiary/aromatic N) is 2. The molecule has 4 heteroatoms. The van der Waals surface area contributed by atoms with E-state index in [9.17, 15) is 4.79 Å². The average molecular weight is 326 g/mol. The van der Waals surface area contributed by atoms with Crippen molar-refractivity contribution in [1.82, 2.24) is 4.98 Å². The predicted octanol–water partition coefficient (Wildman–Crippen LogP) is 4.66. The van der Waals surface area contributed by atoms with Gasteiger partial charge in [-0.25, -0.2) is 4.98 Å². The van der Waals surface area contributed by atoms with Crippen molar-refractivity contribution in [2.24, 2.45) is 0 Å². The minimum absolute atomic E-state index is 0.0465. The molecule has 4 nitrogen and oxygen atoms in total. The molecule has 0 spiro atoms. The molecule has 120 valence electrons. The van der Waals surface area contributed by atoms with Crippen LogP contribution in [0.3, 0.4) is 0 Å². The van der Waals surface area contributed by atoms with Gasteiger partial charge in [-0.2, -0.15) is 0 Å². The summed E-state index contributed by atoms with van der Waals surface area (Å²) in [5, 5.41) is 0. The van der Waals surface area contributed by atoms with Gasteiger partial charge in [-0.15, -0.1) is 0 Å². The van der Waals surface area contributed by atoms with Gasteiger partial charge in [-0.3, -0.25) is 4.79 Å². The maximum Gasteiger partial charge on any atom is 0.258 e. The number of hydrogen-bond acceptors (Lipinski definition) is 3. The molecule has 4 aromatic rings. The first-order chi connectivity index (χ1) is 12.3. The normalized spacial score (nSPS) is 13.4. The van der Waals surface area contributed by atoms with Gasteiger partial charge in [-0.1, -0.05) is 30.3 Å². The highest BCUT2D eigenvalue weighted by atomic mass is 16.3. The van der Waals surface area contributed by atoms with E-state index in [2.05, 4.69) is 4.98 Å². The van der Waals surface area contributed by atoms with Gasteiger partial charge in [0.25, 0.3) is 5.91 Å². The maximum absolute atomic E-state index is 12.6. The summed E-state index contributed by atoms with van der Waals surface area (Å²) in [4.78, 5) is 18.9. The van der Waals surface area contributed by atoms with Crippen LogP contribution in [0.15, 0.2) is 77.2 Å². The van der Waals surface area contributed by atoms with Crippen LogP contribution >= 0.6 is 0 Å². The first-order valence-corrected chi connectivity index (χ1v) is 8.15. The fourth-order valence-electron chi connectivity index (χ4n) is 3.24. The topological polar surface area (TPSA) is 46.3 Å². The lowest BCUT2D eigenvalue weighted by Crippen LogP contribution is -2.22. The number of oxazole rings is 1. The zero-order valence-corrected chi connectivity index (χ0v) is 13.3. The molecule has 1 aliphatic rings. The van der Waals surface area contributed by atoms with Gasteiger partial charge in [0.2, 0.25) is 5.89 Å². The third kappa shape index (κ3) is 2.22. The lowest BCUT2D eigenvalue weighted by molar-refractivity contribution is 0.0996. The third-order valence-corrected chi connectivity index (χ3v) is 4.54. The second kappa shape index (κ2) is 5.31. The van der Waals surface area contributed by atoms with Gasteiger partial charge in [-0.05, 0) is 48.0 Å². The zero-order valence-electron chi connectivity index (χ0n) is 13.3. The highest BCUT2D eigenvalue weighted by Gasteiger charge is 2.27. The van der Waals surface area contributed by atoms with Crippen molar-refractivity contribution in [3.63, 3.8) is 0 Å². The van der Waals surface area contributed by atoms with Gasteiger partial charge >= 0.3 is 0 Å². The largest absolute Gasteiger partial charge is 0.436 e. The molecule has 0 unspecified atom stereocenters. The molecule has 0 atom stereocenters. The Morgan fingerprint density at radius 2 is 1.64 bits per heavy atom. The van der Waals surface area contributed by atoms with Crippen molar-refractivity contribution in [3.05, 3.63) is 83.9 Å². The fraction of sp³-hybridized carbons (Fsp3) is 0.0476. The molecular weight excluding hydrogens is 312 g/mol. The van der Waals surface area contributed by atoms with Crippen LogP contribution in [0.1, 0.15) is 15.9 Å². The molecule has 1 amide bonds. The summed E-state index contributed by atoms with van der Waals surface area (Å²) in [5.74, 6) is 0.633. The zero-order chi connectivity index (χ0) is 16.8. The van der Waals surface area contributed by atoms with Crippen LogP contribution in [0, 0.1) is 0 Å². The van der Waals surface area contributed by atoms with Crippen LogP contribution in [0.5, 0.6) is 0 Å². The second-order valence-corrected chi connectivity index (χ2v) is 6.08. The van der Waals surface area contributed by atoms with E-state index in [-0.39, 0.29) is 5.91 Å². The monoisotopic (exact) mass is 326 g/mol. The predicted molar refractivity (Wildman–Crippen MR) is 96.4 cm³/mol. The molecule has 1 aliphatic heterocycles. The van der Waals surface area contributed by atoms with E-state index in [1.165, 1.54) is 0 Å². The van der Waals surface area contributed by atoms with Gasteiger partial charge < -0.3 is 9.32 Å². The van der Waals surface area contributed by atoms with E-state index in [1.54, 1.807) is 4.90 Å². The van der Waals surface area contributed by atoms with E-state index >= 15 is 0 Å². The summed E-state index contributed by atoms with van der Waals surface area (Å²) >= 11 is 0. The first-order valence-electron chi connectivity index (χ1n) is 8.15. The standard InChI is InChI=1S/C21H14N2O2/c24-21-17-6-2-1-5-15(17)13-23(21)16-11-9-14(10-12-16)20-22-18-7-3-4-8-19(18)25-20/h1-12H,13H2. The van der Waals surface area contributed by atoms with Crippen LogP contribution in [-0.4, -0.2) is 10.9 Å². The average Bonchev–Trinajstić information content (AvgIpc) is 3.24. The Bertz CT molecular complexity index is 1060. The van der Waals surface area contributed by atoms with Crippen molar-refractivity contribution in [3.8, 4) is 11.5 Å². The van der Waals surface area contributed by atoms with Crippen molar-refractivity contribution in [2.45, 2.75) is 6.54 Å². The molecule has 25 heavy (non-hydrogen) atoms. The van der Waals surface area contributed by atoms with Crippen molar-refractivity contribution < 1.29 is 9.21 Å². The number of aromatic nitrogens is 1. The van der Waals surface area contributed by atoms with Crippen LogP contribution in [0.25, 0.3) is 22.6 Å². The summed E-state index contributed by atoms with van der Waals surface area (Å²) < 4.78 is 5.80. The Morgan fingerprint density at radius 1 is 0.880 bits per heavy atom. The number of fused-ring (bicyclic) bond motifs is 2. The van der Waals surface area contributed by atoms with Crippen LogP contribution < -0.4 is 4.90 Å². The molecule has 0 N–H and O–H groups in total. The highest BCUT2D eigenvalue weighted by molar-refractivity contribution is 6.10. The van der Waals surface area contributed by atoms with Crippen molar-refractivity contribution in [1.29, 1.82) is 0 Å². The van der Waals surface area contributed by atoms with Gasteiger partial charge in [0.05, 0.1) is 6.54 Å². The Balaban J connectivity index is 1.47. The highest BCUT2D eigenvalue weighted by Crippen LogP contribution is 2.30. The Hall–Kier alpha value is -3.40. The second-order valence-electron chi connectivity index (χ2n) is 6.08. The molecule has 0 aliphatic carbocycles.